The fourth-order valence-electron chi connectivity index (χ4n) is 1.94. The minimum absolute atomic E-state index is 0.245. The van der Waals surface area contributed by atoms with Gasteiger partial charge in [-0.2, -0.15) is 0 Å². The van der Waals surface area contributed by atoms with Gasteiger partial charge < -0.3 is 15.9 Å². The number of halogens is 1. The van der Waals surface area contributed by atoms with Gasteiger partial charge in [-0.1, -0.05) is 27.7 Å². The average molecular weight is 285 g/mol. The number of phenols is 1. The second-order valence-corrected chi connectivity index (χ2v) is 6.18. The number of anilines is 1. The number of carbonyl (C=O) groups is 1. The zero-order valence-corrected chi connectivity index (χ0v) is 12.5. The van der Waals surface area contributed by atoms with Crippen LogP contribution in [-0.4, -0.2) is 16.2 Å². The monoisotopic (exact) mass is 285 g/mol. The second kappa shape index (κ2) is 7.72. The van der Waals surface area contributed by atoms with Crippen LogP contribution < -0.4 is 5.73 Å². The summed E-state index contributed by atoms with van der Waals surface area (Å²) in [4.78, 5) is 10.3. The Hall–Kier alpha value is -1.78. The number of rotatable bonds is 3. The van der Waals surface area contributed by atoms with Gasteiger partial charge in [-0.25, -0.2) is 4.39 Å². The van der Waals surface area contributed by atoms with Crippen molar-refractivity contribution in [1.29, 1.82) is 0 Å². The quantitative estimate of drug-likeness (QED) is 0.584. The predicted octanol–water partition coefficient (Wildman–Crippen LogP) is 3.65. The molecule has 0 aliphatic carbocycles. The van der Waals surface area contributed by atoms with E-state index in [1.807, 2.05) is 6.92 Å². The van der Waals surface area contributed by atoms with Crippen LogP contribution in [0.15, 0.2) is 18.2 Å². The lowest BCUT2D eigenvalue weighted by Crippen LogP contribution is -2.13. The Balaban J connectivity index is 0.000000367. The normalized spacial score (nSPS) is 12.2. The molecule has 1 atom stereocenters. The first-order chi connectivity index (χ1) is 9.01. The fraction of sp³-hybridized carbons (Fsp3) is 0.533. The molecule has 1 aromatic carbocycles. The first-order valence-electron chi connectivity index (χ1n) is 6.47. The van der Waals surface area contributed by atoms with Crippen LogP contribution in [0.2, 0.25) is 0 Å². The molecular weight excluding hydrogens is 261 g/mol. The van der Waals surface area contributed by atoms with E-state index in [1.165, 1.54) is 12.1 Å². The summed E-state index contributed by atoms with van der Waals surface area (Å²) in [6.45, 7) is 8.38. The first-order valence-corrected chi connectivity index (χ1v) is 6.47. The molecule has 0 amide bonds. The Bertz CT molecular complexity index is 441. The van der Waals surface area contributed by atoms with Crippen LogP contribution in [0.5, 0.6) is 5.75 Å². The second-order valence-electron chi connectivity index (χ2n) is 6.18. The minimum atomic E-state index is -0.693. The van der Waals surface area contributed by atoms with Gasteiger partial charge in [0.15, 0.2) is 11.6 Å². The van der Waals surface area contributed by atoms with Crippen LogP contribution in [0.1, 0.15) is 40.5 Å². The summed E-state index contributed by atoms with van der Waals surface area (Å²) >= 11 is 0. The van der Waals surface area contributed by atoms with Gasteiger partial charge in [0.1, 0.15) is 0 Å². The third kappa shape index (κ3) is 9.19. The standard InChI is InChI=1S/C9H18O2.C6H6FNO/c1-7(5-8(10)11)6-9(2,3)4;7-5-3-4(8)1-2-6(5)9/h7H,5-6H2,1-4H3,(H,10,11);1-3,9H,8H2. The third-order valence-electron chi connectivity index (χ3n) is 2.46. The molecule has 1 rings (SSSR count). The molecular formula is C15H24FNO3. The van der Waals surface area contributed by atoms with Gasteiger partial charge in [0.2, 0.25) is 0 Å². The van der Waals surface area contributed by atoms with Gasteiger partial charge in [-0.3, -0.25) is 4.79 Å². The Morgan fingerprint density at radius 3 is 2.30 bits per heavy atom. The van der Waals surface area contributed by atoms with Crippen molar-refractivity contribution in [3.8, 4) is 5.75 Å². The highest BCUT2D eigenvalue weighted by Gasteiger charge is 2.16. The van der Waals surface area contributed by atoms with E-state index >= 15 is 0 Å². The van der Waals surface area contributed by atoms with Crippen molar-refractivity contribution in [1.82, 2.24) is 0 Å². The average Bonchev–Trinajstić information content (AvgIpc) is 2.20. The summed E-state index contributed by atoms with van der Waals surface area (Å²) in [7, 11) is 0. The van der Waals surface area contributed by atoms with Crippen LogP contribution in [0, 0.1) is 17.2 Å². The Morgan fingerprint density at radius 1 is 1.40 bits per heavy atom. The number of aromatic hydroxyl groups is 1. The number of carboxylic acids is 1. The molecule has 20 heavy (non-hydrogen) atoms. The molecule has 4 N–H and O–H groups in total. The van der Waals surface area contributed by atoms with E-state index in [-0.39, 0.29) is 23.5 Å². The molecule has 0 saturated carbocycles. The maximum Gasteiger partial charge on any atom is 0.303 e. The molecule has 0 bridgehead atoms. The highest BCUT2D eigenvalue weighted by molar-refractivity contribution is 5.66. The van der Waals surface area contributed by atoms with Crippen molar-refractivity contribution >= 4 is 11.7 Å². The van der Waals surface area contributed by atoms with Crippen molar-refractivity contribution < 1.29 is 19.4 Å². The van der Waals surface area contributed by atoms with E-state index in [1.54, 1.807) is 0 Å². The molecule has 0 heterocycles. The molecule has 0 aliphatic heterocycles. The lowest BCUT2D eigenvalue weighted by atomic mass is 9.84. The molecule has 0 aliphatic rings. The lowest BCUT2D eigenvalue weighted by molar-refractivity contribution is -0.138. The molecule has 0 radical (unpaired) electrons. The van der Waals surface area contributed by atoms with Crippen molar-refractivity contribution in [2.45, 2.75) is 40.5 Å². The van der Waals surface area contributed by atoms with E-state index in [0.717, 1.165) is 12.5 Å². The zero-order valence-electron chi connectivity index (χ0n) is 12.5. The van der Waals surface area contributed by atoms with Gasteiger partial charge in [-0.05, 0) is 29.9 Å². The predicted molar refractivity (Wildman–Crippen MR) is 78.0 cm³/mol. The van der Waals surface area contributed by atoms with Crippen molar-refractivity contribution in [2.75, 3.05) is 5.73 Å². The zero-order chi connectivity index (χ0) is 15.9. The number of carboxylic acid groups (broad SMARTS) is 1. The smallest absolute Gasteiger partial charge is 0.303 e. The summed E-state index contributed by atoms with van der Waals surface area (Å²) < 4.78 is 12.2. The third-order valence-corrected chi connectivity index (χ3v) is 2.46. The Labute approximate surface area is 119 Å². The highest BCUT2D eigenvalue weighted by atomic mass is 19.1. The topological polar surface area (TPSA) is 83.5 Å². The fourth-order valence-corrected chi connectivity index (χ4v) is 1.94. The van der Waals surface area contributed by atoms with E-state index in [4.69, 9.17) is 15.9 Å². The molecule has 0 fully saturated rings. The van der Waals surface area contributed by atoms with Crippen molar-refractivity contribution in [2.24, 2.45) is 11.3 Å². The summed E-state index contributed by atoms with van der Waals surface area (Å²) in [5, 5.41) is 17.1. The van der Waals surface area contributed by atoms with Gasteiger partial charge in [0.25, 0.3) is 0 Å². The van der Waals surface area contributed by atoms with Gasteiger partial charge in [0.05, 0.1) is 0 Å². The summed E-state index contributed by atoms with van der Waals surface area (Å²) in [5.41, 5.74) is 5.73. The van der Waals surface area contributed by atoms with Crippen molar-refractivity contribution in [3.63, 3.8) is 0 Å². The number of hydrogen-bond donors (Lipinski definition) is 3. The van der Waals surface area contributed by atoms with Gasteiger partial charge in [-0.15, -0.1) is 0 Å². The molecule has 5 heteroatoms. The van der Waals surface area contributed by atoms with E-state index in [2.05, 4.69) is 20.8 Å². The number of nitrogen functional groups attached to an aromatic ring is 1. The van der Waals surface area contributed by atoms with Gasteiger partial charge in [0, 0.05) is 18.2 Å². The van der Waals surface area contributed by atoms with Gasteiger partial charge >= 0.3 is 5.97 Å². The number of phenolic OH excluding ortho intramolecular Hbond substituents is 1. The maximum atomic E-state index is 12.2. The van der Waals surface area contributed by atoms with Crippen LogP contribution in [0.4, 0.5) is 10.1 Å². The molecule has 1 unspecified atom stereocenters. The van der Waals surface area contributed by atoms with Crippen LogP contribution in [-0.2, 0) is 4.79 Å². The molecule has 1 aromatic rings. The Morgan fingerprint density at radius 2 is 1.95 bits per heavy atom. The number of benzene rings is 1. The van der Waals surface area contributed by atoms with Crippen LogP contribution >= 0.6 is 0 Å². The highest BCUT2D eigenvalue weighted by Crippen LogP contribution is 2.25. The SMILES string of the molecule is CC(CC(=O)O)CC(C)(C)C.Nc1ccc(O)c(F)c1. The maximum absolute atomic E-state index is 12.2. The molecule has 0 spiro atoms. The minimum Gasteiger partial charge on any atom is -0.505 e. The first kappa shape index (κ1) is 18.2. The number of hydrogen-bond acceptors (Lipinski definition) is 3. The number of aliphatic carboxylic acids is 1. The Kier molecular flexibility index (Phi) is 7.04. The summed E-state index contributed by atoms with van der Waals surface area (Å²) in [5.74, 6) is -1.46. The largest absolute Gasteiger partial charge is 0.505 e. The van der Waals surface area contributed by atoms with Crippen LogP contribution in [0.3, 0.4) is 0 Å². The van der Waals surface area contributed by atoms with Crippen LogP contribution in [0.25, 0.3) is 0 Å². The number of nitrogens with two attached hydrogens (primary N) is 1. The van der Waals surface area contributed by atoms with E-state index < -0.39 is 11.8 Å². The van der Waals surface area contributed by atoms with Crippen molar-refractivity contribution in [3.05, 3.63) is 24.0 Å². The summed E-state index contributed by atoms with van der Waals surface area (Å²) in [6, 6.07) is 3.71. The molecule has 0 aromatic heterocycles. The molecule has 0 saturated heterocycles. The van der Waals surface area contributed by atoms with E-state index in [0.29, 0.717) is 5.69 Å². The lowest BCUT2D eigenvalue weighted by Gasteiger charge is -2.21. The molecule has 4 nitrogen and oxygen atoms in total. The van der Waals surface area contributed by atoms with E-state index in [9.17, 15) is 9.18 Å². The summed E-state index contributed by atoms with van der Waals surface area (Å²) in [6.07, 6.45) is 1.26. The molecule has 114 valence electrons.